The first-order valence-electron chi connectivity index (χ1n) is 9.20. The summed E-state index contributed by atoms with van der Waals surface area (Å²) in [5.74, 6) is 0.537. The van der Waals surface area contributed by atoms with Crippen molar-refractivity contribution < 1.29 is 23.8 Å². The summed E-state index contributed by atoms with van der Waals surface area (Å²) in [5.41, 5.74) is 0.798. The molecule has 0 radical (unpaired) electrons. The molecule has 0 saturated carbocycles. The minimum Gasteiger partial charge on any atom is -0.490 e. The number of fused-ring (bicyclic) bond motifs is 1. The molecule has 1 N–H and O–H groups in total. The van der Waals surface area contributed by atoms with E-state index >= 15 is 0 Å². The summed E-state index contributed by atoms with van der Waals surface area (Å²) in [5, 5.41) is 2.74. The SMILES string of the molecule is CCCCCCNC(=O)COC(=O)/C=C/c1ccc2c(c1)OCCCO2. The molecule has 0 aliphatic carbocycles. The highest BCUT2D eigenvalue weighted by Gasteiger charge is 2.10. The summed E-state index contributed by atoms with van der Waals surface area (Å²) in [7, 11) is 0. The molecule has 1 aliphatic rings. The number of hydrogen-bond donors (Lipinski definition) is 1. The molecule has 142 valence electrons. The first-order valence-corrected chi connectivity index (χ1v) is 9.20. The largest absolute Gasteiger partial charge is 0.490 e. The Morgan fingerprint density at radius 2 is 1.96 bits per heavy atom. The lowest BCUT2D eigenvalue weighted by Crippen LogP contribution is -2.29. The fourth-order valence-electron chi connectivity index (χ4n) is 2.46. The molecule has 0 aromatic heterocycles. The topological polar surface area (TPSA) is 73.9 Å². The highest BCUT2D eigenvalue weighted by molar-refractivity contribution is 5.89. The number of unbranched alkanes of at least 4 members (excludes halogenated alkanes) is 3. The number of nitrogens with one attached hydrogen (secondary N) is 1. The van der Waals surface area contributed by atoms with Gasteiger partial charge < -0.3 is 19.5 Å². The van der Waals surface area contributed by atoms with Gasteiger partial charge in [-0.15, -0.1) is 0 Å². The molecule has 1 aromatic rings. The number of carbonyl (C=O) groups is 2. The number of rotatable bonds is 9. The van der Waals surface area contributed by atoms with Crippen LogP contribution in [0.2, 0.25) is 0 Å². The van der Waals surface area contributed by atoms with Crippen LogP contribution in [0.4, 0.5) is 0 Å². The van der Waals surface area contributed by atoms with Gasteiger partial charge in [-0.1, -0.05) is 32.3 Å². The molecule has 1 amide bonds. The number of carbonyl (C=O) groups excluding carboxylic acids is 2. The summed E-state index contributed by atoms with van der Waals surface area (Å²) in [4.78, 5) is 23.3. The predicted octanol–water partition coefficient (Wildman–Crippen LogP) is 3.10. The van der Waals surface area contributed by atoms with E-state index in [4.69, 9.17) is 14.2 Å². The van der Waals surface area contributed by atoms with Gasteiger partial charge in [0.15, 0.2) is 18.1 Å². The summed E-state index contributed by atoms with van der Waals surface area (Å²) in [6.45, 7) is 3.73. The summed E-state index contributed by atoms with van der Waals surface area (Å²) < 4.78 is 16.1. The zero-order chi connectivity index (χ0) is 18.6. The highest BCUT2D eigenvalue weighted by Crippen LogP contribution is 2.30. The van der Waals surface area contributed by atoms with Crippen LogP contribution in [-0.2, 0) is 14.3 Å². The van der Waals surface area contributed by atoms with Crippen LogP contribution in [0, 0.1) is 0 Å². The fraction of sp³-hybridized carbons (Fsp3) is 0.500. The van der Waals surface area contributed by atoms with Crippen LogP contribution in [0.15, 0.2) is 24.3 Å². The molecule has 6 heteroatoms. The van der Waals surface area contributed by atoms with Crippen molar-refractivity contribution >= 4 is 18.0 Å². The summed E-state index contributed by atoms with van der Waals surface area (Å²) in [6, 6.07) is 5.46. The van der Waals surface area contributed by atoms with Gasteiger partial charge >= 0.3 is 5.97 Å². The molecule has 0 fully saturated rings. The molecular formula is C20H27NO5. The molecule has 26 heavy (non-hydrogen) atoms. The zero-order valence-electron chi connectivity index (χ0n) is 15.3. The Labute approximate surface area is 154 Å². The van der Waals surface area contributed by atoms with Crippen LogP contribution >= 0.6 is 0 Å². The molecule has 0 bridgehead atoms. The Hall–Kier alpha value is -2.50. The third kappa shape index (κ3) is 7.17. The van der Waals surface area contributed by atoms with Gasteiger partial charge in [-0.25, -0.2) is 4.79 Å². The van der Waals surface area contributed by atoms with Crippen molar-refractivity contribution in [3.05, 3.63) is 29.8 Å². The average Bonchev–Trinajstić information content (AvgIpc) is 2.89. The molecule has 1 aromatic carbocycles. The van der Waals surface area contributed by atoms with E-state index in [0.29, 0.717) is 31.3 Å². The van der Waals surface area contributed by atoms with Crippen LogP contribution in [0.5, 0.6) is 11.5 Å². The predicted molar refractivity (Wildman–Crippen MR) is 99.2 cm³/mol. The third-order valence-electron chi connectivity index (χ3n) is 3.88. The van der Waals surface area contributed by atoms with Crippen molar-refractivity contribution in [2.24, 2.45) is 0 Å². The maximum Gasteiger partial charge on any atom is 0.331 e. The van der Waals surface area contributed by atoms with E-state index in [1.807, 2.05) is 18.2 Å². The van der Waals surface area contributed by atoms with Gasteiger partial charge in [0.05, 0.1) is 13.2 Å². The van der Waals surface area contributed by atoms with Crippen LogP contribution in [0.1, 0.15) is 44.6 Å². The normalized spacial score (nSPS) is 13.3. The second-order valence-electron chi connectivity index (χ2n) is 6.11. The first-order chi connectivity index (χ1) is 12.7. The van der Waals surface area contributed by atoms with Crippen LogP contribution in [0.3, 0.4) is 0 Å². The lowest BCUT2D eigenvalue weighted by atomic mass is 10.2. The summed E-state index contributed by atoms with van der Waals surface area (Å²) in [6.07, 6.45) is 8.11. The number of hydrogen-bond acceptors (Lipinski definition) is 5. The van der Waals surface area contributed by atoms with Crippen molar-refractivity contribution in [3.8, 4) is 11.5 Å². The maximum absolute atomic E-state index is 11.7. The van der Waals surface area contributed by atoms with E-state index in [2.05, 4.69) is 12.2 Å². The minimum atomic E-state index is -0.557. The zero-order valence-corrected chi connectivity index (χ0v) is 15.3. The number of ether oxygens (including phenoxy) is 3. The molecule has 2 rings (SSSR count). The van der Waals surface area contributed by atoms with E-state index in [1.165, 1.54) is 6.08 Å². The third-order valence-corrected chi connectivity index (χ3v) is 3.88. The summed E-state index contributed by atoms with van der Waals surface area (Å²) >= 11 is 0. The Morgan fingerprint density at radius 3 is 2.77 bits per heavy atom. The van der Waals surface area contributed by atoms with E-state index < -0.39 is 5.97 Å². The molecule has 1 aliphatic heterocycles. The van der Waals surface area contributed by atoms with E-state index in [9.17, 15) is 9.59 Å². The first kappa shape index (κ1) is 19.8. The van der Waals surface area contributed by atoms with Crippen molar-refractivity contribution in [2.45, 2.75) is 39.0 Å². The van der Waals surface area contributed by atoms with Gasteiger partial charge in [0.2, 0.25) is 0 Å². The minimum absolute atomic E-state index is 0.266. The van der Waals surface area contributed by atoms with Crippen molar-refractivity contribution in [1.82, 2.24) is 5.32 Å². The van der Waals surface area contributed by atoms with Gasteiger partial charge in [-0.3, -0.25) is 4.79 Å². The van der Waals surface area contributed by atoms with E-state index in [-0.39, 0.29) is 12.5 Å². The molecule has 1 heterocycles. The quantitative estimate of drug-likeness (QED) is 0.416. The molecule has 0 unspecified atom stereocenters. The van der Waals surface area contributed by atoms with Crippen LogP contribution in [0.25, 0.3) is 6.08 Å². The van der Waals surface area contributed by atoms with Gasteiger partial charge in [0.1, 0.15) is 0 Å². The Morgan fingerprint density at radius 1 is 1.15 bits per heavy atom. The highest BCUT2D eigenvalue weighted by atomic mass is 16.5. The van der Waals surface area contributed by atoms with Gasteiger partial charge in [0.25, 0.3) is 5.91 Å². The smallest absolute Gasteiger partial charge is 0.331 e. The van der Waals surface area contributed by atoms with E-state index in [1.54, 1.807) is 6.08 Å². The lowest BCUT2D eigenvalue weighted by Gasteiger charge is -2.07. The monoisotopic (exact) mass is 361 g/mol. The molecule has 0 atom stereocenters. The second kappa shape index (κ2) is 11.2. The Kier molecular flexibility index (Phi) is 8.52. The average molecular weight is 361 g/mol. The molecule has 6 nitrogen and oxygen atoms in total. The van der Waals surface area contributed by atoms with Gasteiger partial charge in [-0.2, -0.15) is 0 Å². The molecular weight excluding hydrogens is 334 g/mol. The van der Waals surface area contributed by atoms with Crippen molar-refractivity contribution in [1.29, 1.82) is 0 Å². The van der Waals surface area contributed by atoms with E-state index in [0.717, 1.165) is 37.7 Å². The Bertz CT molecular complexity index is 627. The Balaban J connectivity index is 1.72. The number of esters is 1. The van der Waals surface area contributed by atoms with Crippen LogP contribution in [-0.4, -0.2) is 38.2 Å². The molecule has 0 saturated heterocycles. The maximum atomic E-state index is 11.7. The molecule has 0 spiro atoms. The lowest BCUT2D eigenvalue weighted by molar-refractivity contribution is -0.143. The number of amides is 1. The van der Waals surface area contributed by atoms with Gasteiger partial charge in [0, 0.05) is 19.0 Å². The van der Waals surface area contributed by atoms with Crippen molar-refractivity contribution in [3.63, 3.8) is 0 Å². The number of benzene rings is 1. The second-order valence-corrected chi connectivity index (χ2v) is 6.11. The van der Waals surface area contributed by atoms with Crippen LogP contribution < -0.4 is 14.8 Å². The standard InChI is InChI=1S/C20H27NO5/c1-2-3-4-5-11-21-19(22)15-26-20(23)10-8-16-7-9-17-18(14-16)25-13-6-12-24-17/h7-10,14H,2-6,11-13,15H2,1H3,(H,21,22)/b10-8+. The van der Waals surface area contributed by atoms with Gasteiger partial charge in [-0.05, 0) is 30.2 Å². The fourth-order valence-corrected chi connectivity index (χ4v) is 2.46. The van der Waals surface area contributed by atoms with Crippen molar-refractivity contribution in [2.75, 3.05) is 26.4 Å².